The van der Waals surface area contributed by atoms with E-state index >= 15 is 0 Å². The number of fused-ring (bicyclic) bond motifs is 2. The van der Waals surface area contributed by atoms with Gasteiger partial charge in [-0.1, -0.05) is 35.9 Å². The van der Waals surface area contributed by atoms with Gasteiger partial charge in [0, 0.05) is 48.9 Å². The Balaban J connectivity index is 1.36. The minimum absolute atomic E-state index is 0.113. The second-order valence-corrected chi connectivity index (χ2v) is 11.5. The summed E-state index contributed by atoms with van der Waals surface area (Å²) < 4.78 is 6.30. The quantitative estimate of drug-likeness (QED) is 0.462. The summed E-state index contributed by atoms with van der Waals surface area (Å²) in [5.74, 6) is 0.925. The van der Waals surface area contributed by atoms with Crippen molar-refractivity contribution in [3.8, 4) is 12.1 Å². The molecule has 4 heterocycles. The van der Waals surface area contributed by atoms with E-state index in [1.165, 1.54) is 0 Å². The van der Waals surface area contributed by atoms with E-state index in [2.05, 4.69) is 67.3 Å². The lowest BCUT2D eigenvalue weighted by molar-refractivity contribution is 0.341. The van der Waals surface area contributed by atoms with Gasteiger partial charge >= 0.3 is 6.01 Å². The van der Waals surface area contributed by atoms with Crippen LogP contribution in [0.4, 0.5) is 11.5 Å². The van der Waals surface area contributed by atoms with E-state index in [9.17, 15) is 5.26 Å². The largest absolute Gasteiger partial charge is 0.433 e. The lowest BCUT2D eigenvalue weighted by Crippen LogP contribution is -2.51. The van der Waals surface area contributed by atoms with Crippen LogP contribution in [0.2, 0.25) is 5.02 Å². The first-order valence-corrected chi connectivity index (χ1v) is 14.5. The maximum atomic E-state index is 9.29. The number of aromatic nitrogens is 2. The molecule has 2 atom stereocenters. The molecule has 0 unspecified atom stereocenters. The van der Waals surface area contributed by atoms with E-state index in [0.717, 1.165) is 95.9 Å². The zero-order valence-electron chi connectivity index (χ0n) is 22.2. The Kier molecular flexibility index (Phi) is 7.54. The molecule has 0 bridgehead atoms. The number of ether oxygens (including phenoxy) is 1. The molecule has 1 aromatic heterocycles. The molecule has 2 fully saturated rings. The third-order valence-electron chi connectivity index (χ3n) is 8.11. The number of hydrogen-bond donors (Lipinski definition) is 1. The number of hydrogen-bond acceptors (Lipinski definition) is 8. The molecule has 39 heavy (non-hydrogen) atoms. The fourth-order valence-electron chi connectivity index (χ4n) is 6.11. The van der Waals surface area contributed by atoms with Gasteiger partial charge in [0.25, 0.3) is 0 Å². The van der Waals surface area contributed by atoms with Gasteiger partial charge in [-0.2, -0.15) is 15.2 Å². The molecule has 6 rings (SSSR count). The molecule has 0 aliphatic carbocycles. The summed E-state index contributed by atoms with van der Waals surface area (Å²) in [6.07, 6.45) is 3.46. The summed E-state index contributed by atoms with van der Waals surface area (Å²) in [6.45, 7) is 4.88. The number of piperazine rings is 1. The normalized spacial score (nSPS) is 21.6. The van der Waals surface area contributed by atoms with Crippen LogP contribution in [0.15, 0.2) is 36.4 Å². The van der Waals surface area contributed by atoms with Gasteiger partial charge in [0.1, 0.15) is 5.82 Å². The molecule has 0 amide bonds. The summed E-state index contributed by atoms with van der Waals surface area (Å²) in [5.41, 5.74) is 3.25. The molecule has 3 aliphatic heterocycles. The third-order valence-corrected chi connectivity index (χ3v) is 8.86. The van der Waals surface area contributed by atoms with E-state index in [-0.39, 0.29) is 12.1 Å². The zero-order chi connectivity index (χ0) is 26.9. The number of nitrogens with zero attached hydrogens (tertiary/aromatic N) is 6. The van der Waals surface area contributed by atoms with Gasteiger partial charge in [-0.25, -0.2) is 0 Å². The Bertz CT molecular complexity index is 1440. The van der Waals surface area contributed by atoms with E-state index in [1.54, 1.807) is 0 Å². The van der Waals surface area contributed by atoms with Crippen molar-refractivity contribution in [2.45, 2.75) is 44.3 Å². The monoisotopic (exact) mass is 557 g/mol. The number of benzene rings is 2. The van der Waals surface area contributed by atoms with Crippen LogP contribution in [-0.4, -0.2) is 81.9 Å². The number of nitrogens with one attached hydrogen (secondary N) is 1. The fraction of sp³-hybridized carbons (Fsp3) is 0.448. The fourth-order valence-corrected chi connectivity index (χ4v) is 6.85. The second-order valence-electron chi connectivity index (χ2n) is 10.6. The SMILES string of the molecule is CN1CCC[C@H]1C(=[Si])Oc1nc2c(c(N3CCN[C@@H](CC#N)C3)n1)CCN(c1cccc3cccc(Cl)c13)C2. The van der Waals surface area contributed by atoms with Crippen LogP contribution in [0.3, 0.4) is 0 Å². The van der Waals surface area contributed by atoms with Gasteiger partial charge in [0.05, 0.1) is 51.0 Å². The van der Waals surface area contributed by atoms with Crippen molar-refractivity contribution in [3.05, 3.63) is 52.7 Å². The number of halogens is 1. The molecule has 10 heteroatoms. The molecule has 8 nitrogen and oxygen atoms in total. The average molecular weight is 558 g/mol. The van der Waals surface area contributed by atoms with Crippen LogP contribution in [-0.2, 0) is 13.0 Å². The van der Waals surface area contributed by atoms with Crippen molar-refractivity contribution in [1.82, 2.24) is 20.2 Å². The number of likely N-dealkylation sites (N-methyl/N-ethyl adjacent to an activating group) is 1. The Morgan fingerprint density at radius 3 is 2.82 bits per heavy atom. The van der Waals surface area contributed by atoms with E-state index in [0.29, 0.717) is 19.0 Å². The van der Waals surface area contributed by atoms with Crippen molar-refractivity contribution >= 4 is 49.1 Å². The maximum absolute atomic E-state index is 9.29. The van der Waals surface area contributed by atoms with Gasteiger partial charge in [0.15, 0.2) is 0 Å². The van der Waals surface area contributed by atoms with E-state index in [4.69, 9.17) is 26.3 Å². The molecule has 3 aromatic rings. The topological polar surface area (TPSA) is 80.5 Å². The smallest absolute Gasteiger partial charge is 0.323 e. The minimum atomic E-state index is 0.113. The Morgan fingerprint density at radius 2 is 2.03 bits per heavy atom. The van der Waals surface area contributed by atoms with E-state index in [1.807, 2.05) is 12.1 Å². The zero-order valence-corrected chi connectivity index (χ0v) is 23.9. The van der Waals surface area contributed by atoms with Crippen molar-refractivity contribution < 1.29 is 4.74 Å². The summed E-state index contributed by atoms with van der Waals surface area (Å²) in [6, 6.07) is 15.4. The first kappa shape index (κ1) is 26.2. The summed E-state index contributed by atoms with van der Waals surface area (Å²) in [5, 5.41) is 16.4. The van der Waals surface area contributed by atoms with Crippen molar-refractivity contribution in [2.24, 2.45) is 0 Å². The predicted molar refractivity (Wildman–Crippen MR) is 157 cm³/mol. The number of likely N-dealkylation sites (tertiary alicyclic amines) is 1. The number of nitriles is 1. The molecule has 2 radical (unpaired) electrons. The van der Waals surface area contributed by atoms with Gasteiger partial charge in [-0.15, -0.1) is 0 Å². The van der Waals surface area contributed by atoms with Gasteiger partial charge in [0.2, 0.25) is 0 Å². The molecule has 2 aromatic carbocycles. The van der Waals surface area contributed by atoms with Crippen LogP contribution in [0.1, 0.15) is 30.5 Å². The van der Waals surface area contributed by atoms with Crippen LogP contribution in [0.5, 0.6) is 6.01 Å². The van der Waals surface area contributed by atoms with Crippen LogP contribution in [0.25, 0.3) is 10.8 Å². The highest BCUT2D eigenvalue weighted by atomic mass is 35.5. The molecular weight excluding hydrogens is 526 g/mol. The summed E-state index contributed by atoms with van der Waals surface area (Å²) in [4.78, 5) is 16.9. The van der Waals surface area contributed by atoms with Crippen molar-refractivity contribution in [1.29, 1.82) is 5.26 Å². The van der Waals surface area contributed by atoms with Crippen molar-refractivity contribution in [3.63, 3.8) is 0 Å². The molecule has 200 valence electrons. The standard InChI is InChI=1S/C29H32ClN7OSi/c1-35-14-4-9-25(35)28(39)38-29-33-23-18-36(24-8-3-6-19-5-2-7-22(30)26(19)24)15-11-21(23)27(34-29)37-16-13-32-20(17-37)10-12-31/h2-3,5-8,20,25,32H,4,9-11,13-18H2,1H3/t20-,25-/m0/s1. The highest BCUT2D eigenvalue weighted by Crippen LogP contribution is 2.37. The lowest BCUT2D eigenvalue weighted by atomic mass is 10.0. The highest BCUT2D eigenvalue weighted by molar-refractivity contribution is 6.37. The molecule has 2 saturated heterocycles. The maximum Gasteiger partial charge on any atom is 0.323 e. The number of anilines is 2. The molecule has 1 N–H and O–H groups in total. The van der Waals surface area contributed by atoms with Crippen LogP contribution >= 0.6 is 11.6 Å². The third kappa shape index (κ3) is 5.26. The van der Waals surface area contributed by atoms with Gasteiger partial charge in [-0.3, -0.25) is 4.90 Å². The highest BCUT2D eigenvalue weighted by Gasteiger charge is 2.31. The number of rotatable bonds is 6. The average Bonchev–Trinajstić information content (AvgIpc) is 3.38. The summed E-state index contributed by atoms with van der Waals surface area (Å²) in [7, 11) is 5.88. The first-order chi connectivity index (χ1) is 19.0. The minimum Gasteiger partial charge on any atom is -0.433 e. The predicted octanol–water partition coefficient (Wildman–Crippen LogP) is 3.31. The molecule has 0 spiro atoms. The first-order valence-electron chi connectivity index (χ1n) is 13.7. The van der Waals surface area contributed by atoms with Gasteiger partial charge < -0.3 is 19.9 Å². The van der Waals surface area contributed by atoms with Crippen LogP contribution < -0.4 is 19.9 Å². The Labute approximate surface area is 237 Å². The van der Waals surface area contributed by atoms with Crippen molar-refractivity contribution in [2.75, 3.05) is 49.6 Å². The Hall–Kier alpha value is -3.03. The molecular formula is C29H32ClN7OSi. The second kappa shape index (κ2) is 11.2. The van der Waals surface area contributed by atoms with Crippen LogP contribution in [0, 0.1) is 11.3 Å². The van der Waals surface area contributed by atoms with E-state index < -0.39 is 0 Å². The lowest BCUT2D eigenvalue weighted by Gasteiger charge is -2.37. The van der Waals surface area contributed by atoms with Gasteiger partial charge in [-0.05, 0) is 50.4 Å². The molecule has 0 saturated carbocycles. The Morgan fingerprint density at radius 1 is 1.18 bits per heavy atom. The summed E-state index contributed by atoms with van der Waals surface area (Å²) >= 11 is 6.68. The molecule has 3 aliphatic rings.